The van der Waals surface area contributed by atoms with Crippen molar-refractivity contribution in [2.24, 2.45) is 0 Å². The molecule has 0 aliphatic carbocycles. The van der Waals surface area contributed by atoms with E-state index in [0.717, 1.165) is 18.3 Å². The zero-order chi connectivity index (χ0) is 14.2. The van der Waals surface area contributed by atoms with Gasteiger partial charge in [0.2, 0.25) is 0 Å². The predicted octanol–water partition coefficient (Wildman–Crippen LogP) is 2.70. The van der Waals surface area contributed by atoms with Crippen LogP contribution in [-0.4, -0.2) is 44.7 Å². The number of benzene rings is 1. The highest BCUT2D eigenvalue weighted by Gasteiger charge is 2.15. The van der Waals surface area contributed by atoms with Crippen LogP contribution in [0.2, 0.25) is 0 Å². The molecular formula is C17H28N2O. The normalized spacial score (nSPS) is 17.3. The quantitative estimate of drug-likeness (QED) is 0.775. The van der Waals surface area contributed by atoms with Crippen molar-refractivity contribution in [1.82, 2.24) is 10.2 Å². The van der Waals surface area contributed by atoms with Gasteiger partial charge in [-0.1, -0.05) is 12.1 Å². The number of nitrogens with zero attached hydrogens (tertiary/aromatic N) is 1. The maximum Gasteiger partial charge on any atom is 0.118 e. The monoisotopic (exact) mass is 276 g/mol. The first-order chi connectivity index (χ1) is 9.78. The highest BCUT2D eigenvalue weighted by Crippen LogP contribution is 2.13. The Bertz CT molecular complexity index is 369. The van der Waals surface area contributed by atoms with Crippen LogP contribution in [-0.2, 0) is 6.42 Å². The second kappa shape index (κ2) is 8.28. The number of rotatable bonds is 7. The van der Waals surface area contributed by atoms with Crippen LogP contribution in [0.1, 0.15) is 31.2 Å². The van der Waals surface area contributed by atoms with Crippen molar-refractivity contribution in [3.8, 4) is 5.75 Å². The van der Waals surface area contributed by atoms with E-state index in [-0.39, 0.29) is 0 Å². The summed E-state index contributed by atoms with van der Waals surface area (Å²) in [6.07, 6.45) is 6.29. The van der Waals surface area contributed by atoms with Crippen LogP contribution in [0.15, 0.2) is 24.3 Å². The van der Waals surface area contributed by atoms with E-state index < -0.39 is 0 Å². The van der Waals surface area contributed by atoms with Gasteiger partial charge in [0, 0.05) is 6.04 Å². The maximum absolute atomic E-state index is 5.17. The van der Waals surface area contributed by atoms with Crippen LogP contribution >= 0.6 is 0 Å². The summed E-state index contributed by atoms with van der Waals surface area (Å²) in [6.45, 7) is 3.64. The molecule has 0 unspecified atom stereocenters. The van der Waals surface area contributed by atoms with Crippen LogP contribution in [0.3, 0.4) is 0 Å². The largest absolute Gasteiger partial charge is 0.497 e. The first-order valence-electron chi connectivity index (χ1n) is 7.83. The number of hydrogen-bond donors (Lipinski definition) is 1. The second-order valence-electron chi connectivity index (χ2n) is 5.84. The molecule has 3 nitrogen and oxygen atoms in total. The number of piperidine rings is 1. The number of ether oxygens (including phenoxy) is 1. The highest BCUT2D eigenvalue weighted by atomic mass is 16.5. The number of methoxy groups -OCH3 is 1. The molecular weight excluding hydrogens is 248 g/mol. The average molecular weight is 276 g/mol. The predicted molar refractivity (Wildman–Crippen MR) is 84.5 cm³/mol. The van der Waals surface area contributed by atoms with E-state index >= 15 is 0 Å². The van der Waals surface area contributed by atoms with Crippen molar-refractivity contribution in [3.63, 3.8) is 0 Å². The highest BCUT2D eigenvalue weighted by molar-refractivity contribution is 5.27. The van der Waals surface area contributed by atoms with E-state index in [0.29, 0.717) is 0 Å². The summed E-state index contributed by atoms with van der Waals surface area (Å²) in [7, 11) is 3.93. The number of likely N-dealkylation sites (tertiary alicyclic amines) is 1. The molecule has 3 heteroatoms. The SMILES string of the molecule is COc1ccc(CCCCNC2CCN(C)CC2)cc1. The molecule has 0 saturated carbocycles. The molecule has 1 aromatic rings. The Kier molecular flexibility index (Phi) is 6.34. The van der Waals surface area contributed by atoms with Gasteiger partial charge in [0.25, 0.3) is 0 Å². The van der Waals surface area contributed by atoms with E-state index in [4.69, 9.17) is 4.74 Å². The Labute approximate surface area is 123 Å². The summed E-state index contributed by atoms with van der Waals surface area (Å²) in [6, 6.07) is 9.18. The van der Waals surface area contributed by atoms with Gasteiger partial charge in [0.05, 0.1) is 7.11 Å². The summed E-state index contributed by atoms with van der Waals surface area (Å²) in [4.78, 5) is 2.42. The van der Waals surface area contributed by atoms with Gasteiger partial charge >= 0.3 is 0 Å². The fourth-order valence-corrected chi connectivity index (χ4v) is 2.77. The van der Waals surface area contributed by atoms with Crippen molar-refractivity contribution in [2.45, 2.75) is 38.1 Å². The van der Waals surface area contributed by atoms with Gasteiger partial charge < -0.3 is 15.0 Å². The minimum atomic E-state index is 0.743. The van der Waals surface area contributed by atoms with Crippen molar-refractivity contribution in [3.05, 3.63) is 29.8 Å². The molecule has 2 rings (SSSR count). The number of aryl methyl sites for hydroxylation is 1. The first kappa shape index (κ1) is 15.3. The van der Waals surface area contributed by atoms with Gasteiger partial charge in [-0.25, -0.2) is 0 Å². The molecule has 0 bridgehead atoms. The molecule has 1 heterocycles. The van der Waals surface area contributed by atoms with E-state index in [2.05, 4.69) is 29.4 Å². The van der Waals surface area contributed by atoms with Gasteiger partial charge in [-0.05, 0) is 76.5 Å². The molecule has 1 aromatic carbocycles. The van der Waals surface area contributed by atoms with Crippen molar-refractivity contribution < 1.29 is 4.74 Å². The Hall–Kier alpha value is -1.06. The molecule has 20 heavy (non-hydrogen) atoms. The van der Waals surface area contributed by atoms with Crippen molar-refractivity contribution in [2.75, 3.05) is 33.8 Å². The zero-order valence-corrected chi connectivity index (χ0v) is 12.9. The molecule has 0 aromatic heterocycles. The molecule has 1 fully saturated rings. The molecule has 112 valence electrons. The van der Waals surface area contributed by atoms with Gasteiger partial charge in [-0.2, -0.15) is 0 Å². The lowest BCUT2D eigenvalue weighted by Crippen LogP contribution is -2.41. The summed E-state index contributed by atoms with van der Waals surface area (Å²) in [5.74, 6) is 0.942. The summed E-state index contributed by atoms with van der Waals surface area (Å²) in [5.41, 5.74) is 1.41. The van der Waals surface area contributed by atoms with Crippen molar-refractivity contribution >= 4 is 0 Å². The second-order valence-corrected chi connectivity index (χ2v) is 5.84. The molecule has 1 aliphatic rings. The van der Waals surface area contributed by atoms with Gasteiger partial charge in [-0.15, -0.1) is 0 Å². The fraction of sp³-hybridized carbons (Fsp3) is 0.647. The fourth-order valence-electron chi connectivity index (χ4n) is 2.77. The summed E-state index contributed by atoms with van der Waals surface area (Å²) < 4.78 is 5.17. The third-order valence-corrected chi connectivity index (χ3v) is 4.20. The lowest BCUT2D eigenvalue weighted by atomic mass is 10.0. The molecule has 1 saturated heterocycles. The Balaban J connectivity index is 1.55. The Morgan fingerprint density at radius 2 is 1.85 bits per heavy atom. The third kappa shape index (κ3) is 5.14. The smallest absolute Gasteiger partial charge is 0.118 e. The zero-order valence-electron chi connectivity index (χ0n) is 12.9. The molecule has 1 aliphatic heterocycles. The third-order valence-electron chi connectivity index (χ3n) is 4.20. The topological polar surface area (TPSA) is 24.5 Å². The van der Waals surface area contributed by atoms with Gasteiger partial charge in [0.1, 0.15) is 5.75 Å². The van der Waals surface area contributed by atoms with Crippen LogP contribution < -0.4 is 10.1 Å². The molecule has 0 spiro atoms. The van der Waals surface area contributed by atoms with Crippen LogP contribution in [0.25, 0.3) is 0 Å². The van der Waals surface area contributed by atoms with E-state index in [1.54, 1.807) is 7.11 Å². The first-order valence-corrected chi connectivity index (χ1v) is 7.83. The maximum atomic E-state index is 5.17. The Morgan fingerprint density at radius 1 is 1.15 bits per heavy atom. The Morgan fingerprint density at radius 3 is 2.50 bits per heavy atom. The molecule has 0 amide bonds. The summed E-state index contributed by atoms with van der Waals surface area (Å²) in [5, 5.41) is 3.70. The van der Waals surface area contributed by atoms with Crippen LogP contribution in [0.5, 0.6) is 5.75 Å². The number of hydrogen-bond acceptors (Lipinski definition) is 3. The molecule has 0 radical (unpaired) electrons. The lowest BCUT2D eigenvalue weighted by Gasteiger charge is -2.29. The van der Waals surface area contributed by atoms with Gasteiger partial charge in [0.15, 0.2) is 0 Å². The van der Waals surface area contributed by atoms with E-state index in [9.17, 15) is 0 Å². The van der Waals surface area contributed by atoms with Crippen LogP contribution in [0.4, 0.5) is 0 Å². The average Bonchev–Trinajstić information content (AvgIpc) is 2.49. The minimum Gasteiger partial charge on any atom is -0.497 e. The standard InChI is InChI=1S/C17H28N2O/c1-19-13-10-16(11-14-19)18-12-4-3-5-15-6-8-17(20-2)9-7-15/h6-9,16,18H,3-5,10-14H2,1-2H3. The summed E-state index contributed by atoms with van der Waals surface area (Å²) >= 11 is 0. The number of unbranched alkanes of at least 4 members (excludes halogenated alkanes) is 1. The number of nitrogens with one attached hydrogen (secondary N) is 1. The molecule has 1 N–H and O–H groups in total. The van der Waals surface area contributed by atoms with Crippen LogP contribution in [0, 0.1) is 0 Å². The minimum absolute atomic E-state index is 0.743. The lowest BCUT2D eigenvalue weighted by molar-refractivity contribution is 0.234. The van der Waals surface area contributed by atoms with E-state index in [1.807, 2.05) is 12.1 Å². The van der Waals surface area contributed by atoms with E-state index in [1.165, 1.54) is 50.8 Å². The van der Waals surface area contributed by atoms with Gasteiger partial charge in [-0.3, -0.25) is 0 Å². The molecule has 0 atom stereocenters. The van der Waals surface area contributed by atoms with Crippen molar-refractivity contribution in [1.29, 1.82) is 0 Å².